The van der Waals surface area contributed by atoms with Gasteiger partial charge < -0.3 is 14.4 Å². The minimum atomic E-state index is -4.04. The number of aryl methyl sites for hydroxylation is 1. The molecule has 0 spiro atoms. The van der Waals surface area contributed by atoms with Gasteiger partial charge in [0, 0.05) is 36.4 Å². The van der Waals surface area contributed by atoms with Gasteiger partial charge in [-0.05, 0) is 37.6 Å². The van der Waals surface area contributed by atoms with Crippen molar-refractivity contribution >= 4 is 22.1 Å². The molecule has 1 aromatic heterocycles. The third kappa shape index (κ3) is 3.23. The molecule has 0 amide bonds. The van der Waals surface area contributed by atoms with Crippen molar-refractivity contribution in [3.63, 3.8) is 0 Å². The zero-order chi connectivity index (χ0) is 23.2. The Bertz CT molecular complexity index is 1250. The summed E-state index contributed by atoms with van der Waals surface area (Å²) in [7, 11) is -2.80. The number of aliphatic hydroxyl groups excluding tert-OH is 1. The Morgan fingerprint density at radius 2 is 1.97 bits per heavy atom. The predicted octanol–water partition coefficient (Wildman–Crippen LogP) is 1.72. The monoisotopic (exact) mass is 458 g/mol. The summed E-state index contributed by atoms with van der Waals surface area (Å²) in [6.45, 7) is 3.14. The number of rotatable bonds is 5. The second kappa shape index (κ2) is 8.31. The number of pyridine rings is 1. The van der Waals surface area contributed by atoms with E-state index in [1.807, 2.05) is 0 Å². The molecule has 2 bridgehead atoms. The van der Waals surface area contributed by atoms with Gasteiger partial charge >= 0.3 is 5.97 Å². The van der Waals surface area contributed by atoms with Gasteiger partial charge in [0.05, 0.1) is 24.0 Å². The number of hydrogen-bond acceptors (Lipinski definition) is 6. The van der Waals surface area contributed by atoms with E-state index in [4.69, 9.17) is 4.74 Å². The summed E-state index contributed by atoms with van der Waals surface area (Å²) in [4.78, 5) is 26.1. The summed E-state index contributed by atoms with van der Waals surface area (Å²) in [5.74, 6) is -2.26. The van der Waals surface area contributed by atoms with Crippen LogP contribution in [0.25, 0.3) is 6.08 Å². The number of carbonyl (C=O) groups is 1. The highest BCUT2D eigenvalue weighted by Crippen LogP contribution is 2.51. The molecule has 3 heterocycles. The van der Waals surface area contributed by atoms with Gasteiger partial charge in [0.25, 0.3) is 5.56 Å². The van der Waals surface area contributed by atoms with Gasteiger partial charge in [0.15, 0.2) is 0 Å². The molecule has 2 aliphatic heterocycles. The van der Waals surface area contributed by atoms with Gasteiger partial charge in [-0.1, -0.05) is 30.4 Å². The van der Waals surface area contributed by atoms with E-state index in [0.29, 0.717) is 16.8 Å². The normalized spacial score (nSPS) is 25.1. The number of sulfonamides is 1. The molecule has 2 aromatic rings. The number of fused-ring (bicyclic) bond motifs is 4. The molecular weight excluding hydrogens is 432 g/mol. The summed E-state index contributed by atoms with van der Waals surface area (Å²) < 4.78 is 35.5. The maximum absolute atomic E-state index is 13.8. The van der Waals surface area contributed by atoms with Gasteiger partial charge in [-0.2, -0.15) is 4.31 Å². The molecule has 0 aliphatic carbocycles. The van der Waals surface area contributed by atoms with E-state index in [2.05, 4.69) is 0 Å². The van der Waals surface area contributed by atoms with E-state index in [-0.39, 0.29) is 17.0 Å². The predicted molar refractivity (Wildman–Crippen MR) is 118 cm³/mol. The smallest absolute Gasteiger partial charge is 0.311 e. The maximum atomic E-state index is 13.8. The molecule has 0 saturated carbocycles. The van der Waals surface area contributed by atoms with Gasteiger partial charge in [0.1, 0.15) is 0 Å². The molecule has 1 fully saturated rings. The molecule has 9 heteroatoms. The first-order valence-electron chi connectivity index (χ1n) is 10.4. The van der Waals surface area contributed by atoms with Crippen LogP contribution in [0.3, 0.4) is 0 Å². The summed E-state index contributed by atoms with van der Waals surface area (Å²) in [6.07, 6.45) is 3.44. The van der Waals surface area contributed by atoms with Crippen LogP contribution in [0.1, 0.15) is 29.8 Å². The molecule has 1 N–H and O–H groups in total. The van der Waals surface area contributed by atoms with Crippen LogP contribution in [0.15, 0.2) is 52.2 Å². The first-order valence-corrected chi connectivity index (χ1v) is 11.9. The van der Waals surface area contributed by atoms with Crippen LogP contribution < -0.4 is 5.56 Å². The van der Waals surface area contributed by atoms with Crippen LogP contribution in [0.5, 0.6) is 0 Å². The molecule has 1 aromatic carbocycles. The Balaban J connectivity index is 1.97. The molecule has 1 saturated heterocycles. The Morgan fingerprint density at radius 3 is 2.59 bits per heavy atom. The fraction of sp³-hybridized carbons (Fsp3) is 0.391. The summed E-state index contributed by atoms with van der Waals surface area (Å²) in [6, 6.07) is 8.23. The van der Waals surface area contributed by atoms with E-state index in [1.54, 1.807) is 56.3 Å². The Hall–Kier alpha value is -2.75. The van der Waals surface area contributed by atoms with Crippen LogP contribution >= 0.6 is 0 Å². The van der Waals surface area contributed by atoms with Crippen molar-refractivity contribution in [3.05, 3.63) is 69.6 Å². The topological polar surface area (TPSA) is 106 Å². The van der Waals surface area contributed by atoms with Crippen LogP contribution in [-0.4, -0.2) is 48.1 Å². The zero-order valence-electron chi connectivity index (χ0n) is 18.1. The van der Waals surface area contributed by atoms with Crippen LogP contribution in [0.2, 0.25) is 0 Å². The second-order valence-electron chi connectivity index (χ2n) is 8.14. The quantitative estimate of drug-likeness (QED) is 0.684. The molecule has 2 aliphatic rings. The molecule has 170 valence electrons. The van der Waals surface area contributed by atoms with Crippen molar-refractivity contribution in [2.75, 3.05) is 13.7 Å². The maximum Gasteiger partial charge on any atom is 0.311 e. The Labute approximate surface area is 186 Å². The van der Waals surface area contributed by atoms with Crippen LogP contribution in [0, 0.1) is 18.8 Å². The fourth-order valence-corrected chi connectivity index (χ4v) is 7.14. The van der Waals surface area contributed by atoms with E-state index in [0.717, 1.165) is 0 Å². The number of aliphatic hydroxyl groups is 1. The molecule has 0 unspecified atom stereocenters. The Morgan fingerprint density at radius 1 is 1.25 bits per heavy atom. The van der Waals surface area contributed by atoms with Crippen molar-refractivity contribution < 1.29 is 23.1 Å². The van der Waals surface area contributed by atoms with E-state index >= 15 is 0 Å². The first kappa shape index (κ1) is 22.4. The first-order chi connectivity index (χ1) is 15.3. The summed E-state index contributed by atoms with van der Waals surface area (Å²) in [5.41, 5.74) is 1.21. The SMILES string of the molecule is C/C=C\c1ccc2n(c1=O)C[C@@H]1[C@@H](CO)[C@H](C(=O)OC)[C@H]2N1S(=O)(=O)c1ccccc1C. The lowest BCUT2D eigenvalue weighted by Gasteiger charge is -2.37. The largest absolute Gasteiger partial charge is 0.469 e. The number of esters is 1. The van der Waals surface area contributed by atoms with Crippen molar-refractivity contribution in [2.24, 2.45) is 11.8 Å². The minimum Gasteiger partial charge on any atom is -0.469 e. The van der Waals surface area contributed by atoms with Crippen molar-refractivity contribution in [3.8, 4) is 0 Å². The molecule has 32 heavy (non-hydrogen) atoms. The molecule has 4 atom stereocenters. The van der Waals surface area contributed by atoms with Gasteiger partial charge in [-0.15, -0.1) is 0 Å². The highest BCUT2D eigenvalue weighted by Gasteiger charge is 2.60. The lowest BCUT2D eigenvalue weighted by molar-refractivity contribution is -0.148. The highest BCUT2D eigenvalue weighted by atomic mass is 32.2. The number of ether oxygens (including phenoxy) is 1. The third-order valence-corrected chi connectivity index (χ3v) is 8.55. The van der Waals surface area contributed by atoms with Crippen molar-refractivity contribution in [1.29, 1.82) is 0 Å². The number of methoxy groups -OCH3 is 1. The highest BCUT2D eigenvalue weighted by molar-refractivity contribution is 7.89. The van der Waals surface area contributed by atoms with Crippen molar-refractivity contribution in [2.45, 2.75) is 37.4 Å². The number of aromatic nitrogens is 1. The summed E-state index contributed by atoms with van der Waals surface area (Å²) >= 11 is 0. The number of nitrogens with zero attached hydrogens (tertiary/aromatic N) is 2. The van der Waals surface area contributed by atoms with E-state index in [1.165, 1.54) is 22.0 Å². The number of carbonyl (C=O) groups excluding carboxylic acids is 1. The lowest BCUT2D eigenvalue weighted by atomic mass is 9.87. The third-order valence-electron chi connectivity index (χ3n) is 6.49. The second-order valence-corrected chi connectivity index (χ2v) is 9.95. The molecule has 8 nitrogen and oxygen atoms in total. The number of benzene rings is 1. The standard InChI is InChI=1S/C23H26N2O6S/c1-4-7-15-10-11-17-21-20(23(28)31-3)16(13-26)18(12-24(17)22(15)27)25(21)32(29,30)19-9-6-5-8-14(19)2/h4-11,16,18,20-21,26H,12-13H2,1-3H3/b7-4-/t16-,18-,20+,21+/m1/s1. The molecule has 0 radical (unpaired) electrons. The van der Waals surface area contributed by atoms with E-state index < -0.39 is 46.5 Å². The number of allylic oxidation sites excluding steroid dienone is 1. The Kier molecular flexibility index (Phi) is 5.83. The van der Waals surface area contributed by atoms with Gasteiger partial charge in [-0.3, -0.25) is 9.59 Å². The number of hydrogen-bond donors (Lipinski definition) is 1. The summed E-state index contributed by atoms with van der Waals surface area (Å²) in [5, 5.41) is 10.2. The molecule has 4 rings (SSSR count). The fourth-order valence-electron chi connectivity index (χ4n) is 5.07. The van der Waals surface area contributed by atoms with Gasteiger partial charge in [0.2, 0.25) is 10.0 Å². The molecular formula is C23H26N2O6S. The average Bonchev–Trinajstić information content (AvgIpc) is 3.03. The lowest BCUT2D eigenvalue weighted by Crippen LogP contribution is -2.49. The van der Waals surface area contributed by atoms with E-state index in [9.17, 15) is 23.1 Å². The van der Waals surface area contributed by atoms with Gasteiger partial charge in [-0.25, -0.2) is 8.42 Å². The van der Waals surface area contributed by atoms with Crippen LogP contribution in [0.4, 0.5) is 0 Å². The average molecular weight is 459 g/mol. The van der Waals surface area contributed by atoms with Crippen LogP contribution in [-0.2, 0) is 26.1 Å². The van der Waals surface area contributed by atoms with Crippen molar-refractivity contribution in [1.82, 2.24) is 8.87 Å². The zero-order valence-corrected chi connectivity index (χ0v) is 19.0. The minimum absolute atomic E-state index is 0.0416.